The molecule has 376 valence electrons. The van der Waals surface area contributed by atoms with E-state index in [4.69, 9.17) is 10.4 Å². The molecule has 0 heterocycles. The van der Waals surface area contributed by atoms with E-state index in [0.717, 1.165) is 39.5 Å². The fraction of sp³-hybridized carbons (Fsp3) is 0.750. The molecular formula is C36H63N11O19. The molecule has 66 heavy (non-hydrogen) atoms. The Balaban J connectivity index is 5.92. The van der Waals surface area contributed by atoms with Crippen LogP contribution in [-0.4, -0.2) is 185 Å². The molecule has 0 aliphatic carbocycles. The van der Waals surface area contributed by atoms with Crippen molar-refractivity contribution >= 4 is 53.3 Å². The molecule has 30 nitrogen and oxygen atoms in total. The standard InChI is InChI=1S/C36H63N11O19/c1-4-5-6-7-8-11-21(50)16-25(51)37-17-26(52)42-28(29(53)36(61)62)34(58)41-24(18-48)32(56)43-27(20(3)49)33(57)39-22(12-9-14-46(65)44-63)31(55)38-19(2)30(54)40-23(35(59)60)13-10-15-47(66)45-64/h19-24,27-29,48-50,53,63-64H,4-18H2,1-3H3,(H,37,51)(H,38,55)(H,39,57)(H,40,54)(H,41,58)(H,42,52)(H,43,56)(H,59,60)(H,61,62). The number of hydrogen-bond acceptors (Lipinski definition) is 17. The zero-order valence-electron chi connectivity index (χ0n) is 36.7. The average molecular weight is 954 g/mol. The number of unbranched alkanes of at least 4 members (excludes halogenated alkanes) is 4. The van der Waals surface area contributed by atoms with E-state index in [-0.39, 0.29) is 35.4 Å². The number of nitrogens with zero attached hydrogens (tertiary/aromatic N) is 4. The quantitative estimate of drug-likeness (QED) is 0.0125. The fourth-order valence-corrected chi connectivity index (χ4v) is 5.73. The van der Waals surface area contributed by atoms with Crippen LogP contribution < -0.4 is 37.2 Å². The van der Waals surface area contributed by atoms with Gasteiger partial charge in [0.1, 0.15) is 36.3 Å². The highest BCUT2D eigenvalue weighted by atomic mass is 16.6. The van der Waals surface area contributed by atoms with Crippen molar-refractivity contribution in [1.82, 2.24) is 37.2 Å². The Hall–Kier alpha value is -6.53. The third-order valence-electron chi connectivity index (χ3n) is 9.44. The molecule has 0 aliphatic heterocycles. The van der Waals surface area contributed by atoms with E-state index in [0.29, 0.717) is 12.8 Å². The average Bonchev–Trinajstić information content (AvgIpc) is 3.26. The molecule has 0 rings (SSSR count). The number of amides is 7. The van der Waals surface area contributed by atoms with Crippen molar-refractivity contribution in [1.29, 1.82) is 0 Å². The number of carboxylic acid groups (broad SMARTS) is 2. The number of aliphatic carboxylic acids is 2. The van der Waals surface area contributed by atoms with E-state index in [2.05, 4.69) is 31.8 Å². The van der Waals surface area contributed by atoms with Crippen molar-refractivity contribution in [2.24, 2.45) is 10.6 Å². The third kappa shape index (κ3) is 24.0. The third-order valence-corrected chi connectivity index (χ3v) is 9.44. The summed E-state index contributed by atoms with van der Waals surface area (Å²) in [6.07, 6.45) is -2.18. The Morgan fingerprint density at radius 1 is 0.576 bits per heavy atom. The summed E-state index contributed by atoms with van der Waals surface area (Å²) in [7, 11) is 0. The second kappa shape index (κ2) is 32.2. The summed E-state index contributed by atoms with van der Waals surface area (Å²) < 4.78 is 0. The molecule has 30 heteroatoms. The van der Waals surface area contributed by atoms with Gasteiger partial charge in [0.25, 0.3) is 0 Å². The Bertz CT molecular complexity index is 1690. The van der Waals surface area contributed by atoms with E-state index in [9.17, 15) is 84.2 Å². The maximum Gasteiger partial charge on any atom is 0.335 e. The lowest BCUT2D eigenvalue weighted by Gasteiger charge is -2.28. The number of carboxylic acids is 2. The summed E-state index contributed by atoms with van der Waals surface area (Å²) in [6, 6.07) is -11.2. The highest BCUT2D eigenvalue weighted by Crippen LogP contribution is 2.10. The lowest BCUT2D eigenvalue weighted by Crippen LogP contribution is -2.63. The lowest BCUT2D eigenvalue weighted by atomic mass is 10.1. The van der Waals surface area contributed by atoms with Crippen LogP contribution in [0.2, 0.25) is 0 Å². The van der Waals surface area contributed by atoms with Crippen molar-refractivity contribution in [2.45, 2.75) is 146 Å². The van der Waals surface area contributed by atoms with Crippen LogP contribution in [0.4, 0.5) is 0 Å². The first-order valence-electron chi connectivity index (χ1n) is 20.8. The summed E-state index contributed by atoms with van der Waals surface area (Å²) in [5.41, 5.74) is 0. The van der Waals surface area contributed by atoms with Crippen molar-refractivity contribution in [3.63, 3.8) is 0 Å². The SMILES string of the molecule is CCCCCCCC(O)CC(=O)NCC(=O)NC(C(=O)NC(CO)C(=O)NC(C(=O)NC(CCC[N+]([O-])=NO)C(=O)NC(C)C(=O)NC(CCC[N+]([O-])=NO)C(=O)O)C(C)O)C(O)C(=O)O. The fourth-order valence-electron chi connectivity index (χ4n) is 5.73. The monoisotopic (exact) mass is 953 g/mol. The van der Waals surface area contributed by atoms with Crippen LogP contribution in [0, 0.1) is 10.4 Å². The van der Waals surface area contributed by atoms with Crippen molar-refractivity contribution in [2.75, 3.05) is 26.2 Å². The molecule has 0 aliphatic rings. The molecule has 0 bridgehead atoms. The van der Waals surface area contributed by atoms with E-state index >= 15 is 0 Å². The summed E-state index contributed by atoms with van der Waals surface area (Å²) in [5, 5.41) is 118. The van der Waals surface area contributed by atoms with Crippen LogP contribution in [0.3, 0.4) is 0 Å². The number of carbonyl (C=O) groups excluding carboxylic acids is 7. The van der Waals surface area contributed by atoms with Gasteiger partial charge in [0.05, 0.1) is 31.8 Å². The normalized spacial score (nSPS) is 15.7. The molecule has 0 spiro atoms. The summed E-state index contributed by atoms with van der Waals surface area (Å²) in [4.78, 5) is 114. The van der Waals surface area contributed by atoms with E-state index in [1.165, 1.54) is 0 Å². The predicted octanol–water partition coefficient (Wildman–Crippen LogP) is -4.69. The zero-order chi connectivity index (χ0) is 50.5. The van der Waals surface area contributed by atoms with Crippen LogP contribution in [-0.2, 0) is 43.2 Å². The van der Waals surface area contributed by atoms with Gasteiger partial charge < -0.3 is 88.7 Å². The highest BCUT2D eigenvalue weighted by Gasteiger charge is 2.37. The molecule has 0 saturated heterocycles. The highest BCUT2D eigenvalue weighted by molar-refractivity contribution is 5.98. The van der Waals surface area contributed by atoms with Gasteiger partial charge in [-0.3, -0.25) is 33.6 Å². The first-order valence-corrected chi connectivity index (χ1v) is 20.8. The molecule has 15 N–H and O–H groups in total. The number of nitrogens with one attached hydrogen (secondary N) is 7. The Labute approximate surface area is 377 Å². The predicted molar refractivity (Wildman–Crippen MR) is 218 cm³/mol. The van der Waals surface area contributed by atoms with Gasteiger partial charge in [-0.15, -0.1) is 0 Å². The van der Waals surface area contributed by atoms with E-state index in [1.54, 1.807) is 0 Å². The van der Waals surface area contributed by atoms with Crippen LogP contribution in [0.5, 0.6) is 0 Å². The summed E-state index contributed by atoms with van der Waals surface area (Å²) in [5.74, 6) is -12.0. The Morgan fingerprint density at radius 2 is 1.09 bits per heavy atom. The summed E-state index contributed by atoms with van der Waals surface area (Å²) >= 11 is 0. The molecule has 0 radical (unpaired) electrons. The molecule has 0 fully saturated rings. The number of aliphatic hydroxyl groups excluding tert-OH is 4. The molecule has 9 atom stereocenters. The molecule has 0 aromatic heterocycles. The van der Waals surface area contributed by atoms with E-state index in [1.807, 2.05) is 22.9 Å². The van der Waals surface area contributed by atoms with Gasteiger partial charge in [-0.05, 0) is 33.1 Å². The van der Waals surface area contributed by atoms with Gasteiger partial charge in [-0.2, -0.15) is 0 Å². The van der Waals surface area contributed by atoms with Crippen molar-refractivity contribution in [3.05, 3.63) is 10.4 Å². The molecular weight excluding hydrogens is 890 g/mol. The van der Waals surface area contributed by atoms with E-state index < -0.39 is 141 Å². The van der Waals surface area contributed by atoms with Gasteiger partial charge >= 0.3 is 11.9 Å². The number of aliphatic hydroxyl groups is 4. The molecule has 0 aromatic carbocycles. The van der Waals surface area contributed by atoms with Crippen molar-refractivity contribution < 1.29 is 93.9 Å². The number of carbonyl (C=O) groups is 9. The van der Waals surface area contributed by atoms with Crippen LogP contribution in [0.25, 0.3) is 0 Å². The minimum Gasteiger partial charge on any atom is -0.597 e. The molecule has 9 unspecified atom stereocenters. The van der Waals surface area contributed by atoms with Gasteiger partial charge in [0.2, 0.25) is 41.4 Å². The first-order chi connectivity index (χ1) is 31.0. The van der Waals surface area contributed by atoms with Gasteiger partial charge in [-0.1, -0.05) is 48.7 Å². The molecule has 0 saturated carbocycles. The van der Waals surface area contributed by atoms with Crippen LogP contribution >= 0.6 is 0 Å². The minimum absolute atomic E-state index is 0.135. The lowest BCUT2D eigenvalue weighted by molar-refractivity contribution is -0.556. The number of rotatable bonds is 34. The minimum atomic E-state index is -2.65. The van der Waals surface area contributed by atoms with Gasteiger partial charge in [0, 0.05) is 12.8 Å². The Morgan fingerprint density at radius 3 is 1.61 bits per heavy atom. The first kappa shape index (κ1) is 59.5. The maximum absolute atomic E-state index is 13.4. The number of hydrogen-bond donors (Lipinski definition) is 15. The number of hydroxylamine groups is 2. The topological polar surface area (TPSA) is 477 Å². The molecule has 0 aromatic rings. The van der Waals surface area contributed by atoms with Gasteiger partial charge in [0.15, 0.2) is 29.7 Å². The molecule has 7 amide bonds. The van der Waals surface area contributed by atoms with Crippen LogP contribution in [0.15, 0.2) is 10.6 Å². The van der Waals surface area contributed by atoms with Crippen molar-refractivity contribution in [3.8, 4) is 0 Å². The largest absolute Gasteiger partial charge is 0.597 e. The van der Waals surface area contributed by atoms with Gasteiger partial charge in [-0.25, -0.2) is 9.59 Å². The summed E-state index contributed by atoms with van der Waals surface area (Å²) in [6.45, 7) is 1.07. The second-order valence-electron chi connectivity index (χ2n) is 14.9. The zero-order valence-corrected chi connectivity index (χ0v) is 36.7. The Kier molecular flexibility index (Phi) is 29.0. The second-order valence-corrected chi connectivity index (χ2v) is 14.9. The smallest absolute Gasteiger partial charge is 0.335 e. The maximum atomic E-state index is 13.4. The van der Waals surface area contributed by atoms with Crippen LogP contribution in [0.1, 0.15) is 91.4 Å².